The molecule has 1 aromatic rings. The Balaban J connectivity index is 2.09. The molecule has 0 bridgehead atoms. The number of hydrogen-bond donors (Lipinski definition) is 0. The third kappa shape index (κ3) is 4.42. The summed E-state index contributed by atoms with van der Waals surface area (Å²) in [6, 6.07) is 11.8. The summed E-state index contributed by atoms with van der Waals surface area (Å²) in [7, 11) is 0. The summed E-state index contributed by atoms with van der Waals surface area (Å²) in [6.07, 6.45) is 3.12. The SMILES string of the molecule is CCOC1(OCC)C=[N+](C(C)C)C(C[Se]c2ccccc2)C1. The first-order chi connectivity index (χ1) is 10.6. The first kappa shape index (κ1) is 17.7. The third-order valence-corrected chi connectivity index (χ3v) is 6.27. The summed E-state index contributed by atoms with van der Waals surface area (Å²) in [6.45, 7) is 9.92. The van der Waals surface area contributed by atoms with Gasteiger partial charge in [0, 0.05) is 0 Å². The molecule has 0 fully saturated rings. The van der Waals surface area contributed by atoms with Gasteiger partial charge in [0.2, 0.25) is 0 Å². The molecular weight excluding hydrogens is 341 g/mol. The summed E-state index contributed by atoms with van der Waals surface area (Å²) in [4.78, 5) is 0. The summed E-state index contributed by atoms with van der Waals surface area (Å²) < 4.78 is 15.9. The van der Waals surface area contributed by atoms with Gasteiger partial charge in [0.05, 0.1) is 0 Å². The molecule has 0 radical (unpaired) electrons. The van der Waals surface area contributed by atoms with Crippen LogP contribution in [-0.4, -0.2) is 56.8 Å². The zero-order chi connectivity index (χ0) is 16.0. The van der Waals surface area contributed by atoms with Crippen molar-refractivity contribution in [3.05, 3.63) is 30.3 Å². The van der Waals surface area contributed by atoms with E-state index >= 15 is 0 Å². The van der Waals surface area contributed by atoms with Crippen molar-refractivity contribution in [3.8, 4) is 0 Å². The van der Waals surface area contributed by atoms with E-state index in [1.165, 1.54) is 9.78 Å². The van der Waals surface area contributed by atoms with Crippen LogP contribution in [-0.2, 0) is 9.47 Å². The Hall–Kier alpha value is -0.671. The normalized spacial score (nSPS) is 20.4. The Bertz CT molecular complexity index is 481. The number of hydrogen-bond acceptors (Lipinski definition) is 2. The van der Waals surface area contributed by atoms with Gasteiger partial charge >= 0.3 is 141 Å². The standard InChI is InChI=1S/C18H28NO2Se/c1-5-20-18(21-6-2)12-16(19(14-18)15(3)4)13-22-17-10-8-7-9-11-17/h7-11,14-16H,5-6,12-13H2,1-4H3/q+1. The van der Waals surface area contributed by atoms with E-state index in [1.54, 1.807) is 0 Å². The topological polar surface area (TPSA) is 21.5 Å². The Morgan fingerprint density at radius 3 is 2.36 bits per heavy atom. The maximum atomic E-state index is 5.98. The molecule has 0 aromatic heterocycles. The molecule has 1 heterocycles. The van der Waals surface area contributed by atoms with Gasteiger partial charge in [-0.25, -0.2) is 0 Å². The number of rotatable bonds is 8. The second kappa shape index (κ2) is 8.26. The van der Waals surface area contributed by atoms with E-state index in [-0.39, 0.29) is 0 Å². The molecular formula is C18H28NO2Se+. The fraction of sp³-hybridized carbons (Fsp3) is 0.611. The van der Waals surface area contributed by atoms with Crippen LogP contribution in [0.5, 0.6) is 0 Å². The molecule has 1 aromatic carbocycles. The van der Waals surface area contributed by atoms with E-state index < -0.39 is 5.79 Å². The number of ether oxygens (including phenoxy) is 2. The van der Waals surface area contributed by atoms with Crippen molar-refractivity contribution in [1.29, 1.82) is 0 Å². The number of nitrogens with zero attached hydrogens (tertiary/aromatic N) is 1. The van der Waals surface area contributed by atoms with E-state index in [9.17, 15) is 0 Å². The van der Waals surface area contributed by atoms with Crippen LogP contribution in [0.25, 0.3) is 0 Å². The Morgan fingerprint density at radius 2 is 1.82 bits per heavy atom. The molecule has 0 spiro atoms. The molecule has 0 aliphatic carbocycles. The van der Waals surface area contributed by atoms with Crippen LogP contribution in [0.1, 0.15) is 34.1 Å². The van der Waals surface area contributed by atoms with Crippen LogP contribution in [0.15, 0.2) is 30.3 Å². The minimum absolute atomic E-state index is 0.472. The zero-order valence-corrected chi connectivity index (χ0v) is 15.8. The summed E-state index contributed by atoms with van der Waals surface area (Å²) in [5.74, 6) is -0.523. The summed E-state index contributed by atoms with van der Waals surface area (Å²) in [5.41, 5.74) is 0. The summed E-state index contributed by atoms with van der Waals surface area (Å²) in [5, 5.41) is 1.19. The molecule has 122 valence electrons. The Labute approximate surface area is 140 Å². The molecule has 4 heteroatoms. The van der Waals surface area contributed by atoms with Crippen LogP contribution in [0.4, 0.5) is 0 Å². The Kier molecular flexibility index (Phi) is 6.64. The fourth-order valence-corrected chi connectivity index (χ4v) is 5.12. The van der Waals surface area contributed by atoms with E-state index in [2.05, 4.69) is 55.0 Å². The van der Waals surface area contributed by atoms with Gasteiger partial charge in [-0.1, -0.05) is 0 Å². The fourth-order valence-electron chi connectivity index (χ4n) is 2.97. The molecule has 1 atom stereocenters. The van der Waals surface area contributed by atoms with Gasteiger partial charge in [0.25, 0.3) is 0 Å². The molecule has 1 aliphatic rings. The number of benzene rings is 1. The van der Waals surface area contributed by atoms with Crippen LogP contribution in [0, 0.1) is 0 Å². The Morgan fingerprint density at radius 1 is 1.18 bits per heavy atom. The molecule has 3 nitrogen and oxygen atoms in total. The first-order valence-electron chi connectivity index (χ1n) is 8.19. The van der Waals surface area contributed by atoms with Crippen molar-refractivity contribution < 1.29 is 14.0 Å². The van der Waals surface area contributed by atoms with Crippen LogP contribution < -0.4 is 4.46 Å². The van der Waals surface area contributed by atoms with Crippen molar-refractivity contribution in [2.24, 2.45) is 0 Å². The van der Waals surface area contributed by atoms with Gasteiger partial charge in [0.15, 0.2) is 0 Å². The quantitative estimate of drug-likeness (QED) is 0.399. The van der Waals surface area contributed by atoms with E-state index in [4.69, 9.17) is 9.47 Å². The predicted molar refractivity (Wildman–Crippen MR) is 92.5 cm³/mol. The molecule has 0 saturated carbocycles. The molecule has 1 aliphatic heterocycles. The van der Waals surface area contributed by atoms with Gasteiger partial charge in [-0.05, 0) is 0 Å². The molecule has 2 rings (SSSR count). The first-order valence-corrected chi connectivity index (χ1v) is 10.3. The third-order valence-electron chi connectivity index (χ3n) is 3.85. The van der Waals surface area contributed by atoms with Crippen molar-refractivity contribution in [2.45, 2.75) is 57.3 Å². The van der Waals surface area contributed by atoms with E-state index in [0.29, 0.717) is 40.3 Å². The second-order valence-electron chi connectivity index (χ2n) is 5.83. The van der Waals surface area contributed by atoms with Crippen LogP contribution in [0.3, 0.4) is 0 Å². The molecule has 22 heavy (non-hydrogen) atoms. The van der Waals surface area contributed by atoms with Gasteiger partial charge in [-0.2, -0.15) is 0 Å². The average Bonchev–Trinajstić information content (AvgIpc) is 2.86. The monoisotopic (exact) mass is 370 g/mol. The van der Waals surface area contributed by atoms with Crippen LogP contribution >= 0.6 is 0 Å². The molecule has 0 amide bonds. The second-order valence-corrected chi connectivity index (χ2v) is 8.12. The minimum atomic E-state index is -0.523. The van der Waals surface area contributed by atoms with Crippen molar-refractivity contribution >= 4 is 25.6 Å². The van der Waals surface area contributed by atoms with Crippen LogP contribution in [0.2, 0.25) is 5.32 Å². The van der Waals surface area contributed by atoms with Gasteiger partial charge < -0.3 is 0 Å². The zero-order valence-electron chi connectivity index (χ0n) is 14.1. The molecule has 1 unspecified atom stereocenters. The van der Waals surface area contributed by atoms with Gasteiger partial charge in [-0.15, -0.1) is 0 Å². The maximum absolute atomic E-state index is 5.98. The average molecular weight is 369 g/mol. The molecule has 0 N–H and O–H groups in total. The molecule has 0 saturated heterocycles. The van der Waals surface area contributed by atoms with Gasteiger partial charge in [0.1, 0.15) is 0 Å². The van der Waals surface area contributed by atoms with E-state index in [1.807, 2.05) is 13.8 Å². The predicted octanol–water partition coefficient (Wildman–Crippen LogP) is 2.47. The van der Waals surface area contributed by atoms with Gasteiger partial charge in [-0.3, -0.25) is 0 Å². The van der Waals surface area contributed by atoms with E-state index in [0.717, 1.165) is 6.42 Å². The van der Waals surface area contributed by atoms with Crippen molar-refractivity contribution in [1.82, 2.24) is 0 Å². The summed E-state index contributed by atoms with van der Waals surface area (Å²) >= 11 is 0.488. The van der Waals surface area contributed by atoms with Crippen molar-refractivity contribution in [2.75, 3.05) is 13.2 Å². The van der Waals surface area contributed by atoms with Crippen molar-refractivity contribution in [3.63, 3.8) is 0 Å².